The first-order valence-corrected chi connectivity index (χ1v) is 5.64. The van der Waals surface area contributed by atoms with E-state index in [1.54, 1.807) is 4.90 Å². The molecule has 92 valence electrons. The van der Waals surface area contributed by atoms with Gasteiger partial charge in [0.15, 0.2) is 0 Å². The number of amides is 1. The van der Waals surface area contributed by atoms with Crippen molar-refractivity contribution in [1.82, 2.24) is 4.90 Å². The second kappa shape index (κ2) is 3.60. The van der Waals surface area contributed by atoms with Gasteiger partial charge in [-0.1, -0.05) is 0 Å². The van der Waals surface area contributed by atoms with Crippen molar-refractivity contribution in [3.63, 3.8) is 0 Å². The van der Waals surface area contributed by atoms with Gasteiger partial charge in [-0.25, -0.2) is 4.79 Å². The number of rotatable bonds is 0. The quantitative estimate of drug-likeness (QED) is 0.658. The SMILES string of the molecule is CC(C)(C)OC(=O)N1C[C@H](N)C2(COC2)C1. The Kier molecular flexibility index (Phi) is 2.62. The monoisotopic (exact) mass is 228 g/mol. The van der Waals surface area contributed by atoms with Crippen LogP contribution in [0.25, 0.3) is 0 Å². The van der Waals surface area contributed by atoms with Crippen LogP contribution >= 0.6 is 0 Å². The zero-order valence-corrected chi connectivity index (χ0v) is 10.2. The molecule has 0 aromatic rings. The van der Waals surface area contributed by atoms with E-state index in [4.69, 9.17) is 15.2 Å². The number of hydrogen-bond acceptors (Lipinski definition) is 4. The highest BCUT2D eigenvalue weighted by atomic mass is 16.6. The molecular weight excluding hydrogens is 208 g/mol. The molecule has 0 aromatic heterocycles. The zero-order chi connectivity index (χ0) is 12.0. The maximum absolute atomic E-state index is 11.8. The number of hydrogen-bond donors (Lipinski definition) is 1. The fourth-order valence-corrected chi connectivity index (χ4v) is 2.13. The largest absolute Gasteiger partial charge is 0.444 e. The number of likely N-dealkylation sites (tertiary alicyclic amines) is 1. The van der Waals surface area contributed by atoms with Crippen molar-refractivity contribution >= 4 is 6.09 Å². The Hall–Kier alpha value is -0.810. The van der Waals surface area contributed by atoms with Crippen LogP contribution in [0.3, 0.4) is 0 Å². The van der Waals surface area contributed by atoms with E-state index in [2.05, 4.69) is 0 Å². The van der Waals surface area contributed by atoms with Gasteiger partial charge in [0.05, 0.1) is 18.6 Å². The van der Waals surface area contributed by atoms with Crippen molar-refractivity contribution in [1.29, 1.82) is 0 Å². The number of nitrogens with zero attached hydrogens (tertiary/aromatic N) is 1. The molecule has 0 aromatic carbocycles. The molecular formula is C11H20N2O3. The number of carbonyl (C=O) groups excluding carboxylic acids is 1. The lowest BCUT2D eigenvalue weighted by atomic mass is 9.82. The van der Waals surface area contributed by atoms with Crippen LogP contribution in [-0.4, -0.2) is 48.9 Å². The molecule has 5 nitrogen and oxygen atoms in total. The molecule has 0 radical (unpaired) electrons. The third kappa shape index (κ3) is 2.01. The van der Waals surface area contributed by atoms with E-state index in [0.717, 1.165) is 0 Å². The zero-order valence-electron chi connectivity index (χ0n) is 10.2. The second-order valence-electron chi connectivity index (χ2n) is 5.82. The average molecular weight is 228 g/mol. The van der Waals surface area contributed by atoms with E-state index in [1.807, 2.05) is 20.8 Å². The Morgan fingerprint density at radius 3 is 2.50 bits per heavy atom. The van der Waals surface area contributed by atoms with E-state index in [9.17, 15) is 4.79 Å². The Morgan fingerprint density at radius 2 is 2.12 bits per heavy atom. The van der Waals surface area contributed by atoms with Crippen LogP contribution in [-0.2, 0) is 9.47 Å². The number of carbonyl (C=O) groups is 1. The molecule has 0 aliphatic carbocycles. The lowest BCUT2D eigenvalue weighted by Crippen LogP contribution is -2.54. The molecule has 2 aliphatic rings. The highest BCUT2D eigenvalue weighted by molar-refractivity contribution is 5.69. The van der Waals surface area contributed by atoms with Gasteiger partial charge in [-0.05, 0) is 20.8 Å². The van der Waals surface area contributed by atoms with Crippen LogP contribution in [0.1, 0.15) is 20.8 Å². The van der Waals surface area contributed by atoms with E-state index >= 15 is 0 Å². The maximum atomic E-state index is 11.8. The number of ether oxygens (including phenoxy) is 2. The molecule has 0 bridgehead atoms. The smallest absolute Gasteiger partial charge is 0.410 e. The highest BCUT2D eigenvalue weighted by Gasteiger charge is 2.52. The van der Waals surface area contributed by atoms with Gasteiger partial charge < -0.3 is 20.1 Å². The predicted molar refractivity (Wildman–Crippen MR) is 59.0 cm³/mol. The molecule has 1 spiro atoms. The standard InChI is InChI=1S/C11H20N2O3/c1-10(2,3)16-9(14)13-4-8(12)11(5-13)6-15-7-11/h8H,4-7,12H2,1-3H3/t8-/m0/s1. The molecule has 16 heavy (non-hydrogen) atoms. The summed E-state index contributed by atoms with van der Waals surface area (Å²) in [6.45, 7) is 8.14. The molecule has 0 unspecified atom stereocenters. The Labute approximate surface area is 95.9 Å². The van der Waals surface area contributed by atoms with Crippen molar-refractivity contribution in [3.05, 3.63) is 0 Å². The van der Waals surface area contributed by atoms with Gasteiger partial charge in [-0.15, -0.1) is 0 Å². The van der Waals surface area contributed by atoms with Gasteiger partial charge in [0, 0.05) is 19.1 Å². The Balaban J connectivity index is 1.95. The Bertz CT molecular complexity index is 294. The summed E-state index contributed by atoms with van der Waals surface area (Å²) in [6.07, 6.45) is -0.272. The predicted octanol–water partition coefficient (Wildman–Crippen LogP) is 0.581. The first-order valence-electron chi connectivity index (χ1n) is 5.64. The molecule has 1 atom stereocenters. The normalized spacial score (nSPS) is 28.0. The molecule has 1 amide bonds. The van der Waals surface area contributed by atoms with Crippen molar-refractivity contribution < 1.29 is 14.3 Å². The summed E-state index contributed by atoms with van der Waals surface area (Å²) in [5, 5.41) is 0. The Morgan fingerprint density at radius 1 is 1.50 bits per heavy atom. The van der Waals surface area contributed by atoms with E-state index in [-0.39, 0.29) is 17.6 Å². The first kappa shape index (κ1) is 11.7. The van der Waals surface area contributed by atoms with Crippen molar-refractivity contribution in [2.75, 3.05) is 26.3 Å². The second-order valence-corrected chi connectivity index (χ2v) is 5.82. The number of nitrogens with two attached hydrogens (primary N) is 1. The van der Waals surface area contributed by atoms with E-state index in [0.29, 0.717) is 26.3 Å². The van der Waals surface area contributed by atoms with Crippen LogP contribution < -0.4 is 5.73 Å². The molecule has 2 aliphatic heterocycles. The van der Waals surface area contributed by atoms with Crippen LogP contribution in [0, 0.1) is 5.41 Å². The maximum Gasteiger partial charge on any atom is 0.410 e. The fraction of sp³-hybridized carbons (Fsp3) is 0.909. The summed E-state index contributed by atoms with van der Waals surface area (Å²) in [6, 6.07) is 0.00812. The van der Waals surface area contributed by atoms with Gasteiger partial charge in [-0.2, -0.15) is 0 Å². The van der Waals surface area contributed by atoms with E-state index in [1.165, 1.54) is 0 Å². The molecule has 2 N–H and O–H groups in total. The lowest BCUT2D eigenvalue weighted by molar-refractivity contribution is -0.111. The molecule has 2 fully saturated rings. The molecule has 2 heterocycles. The molecule has 2 rings (SSSR count). The summed E-state index contributed by atoms with van der Waals surface area (Å²) >= 11 is 0. The minimum absolute atomic E-state index is 0.00812. The molecule has 0 saturated carbocycles. The van der Waals surface area contributed by atoms with E-state index < -0.39 is 5.60 Å². The summed E-state index contributed by atoms with van der Waals surface area (Å²) < 4.78 is 10.5. The topological polar surface area (TPSA) is 64.8 Å². The fourth-order valence-electron chi connectivity index (χ4n) is 2.13. The lowest BCUT2D eigenvalue weighted by Gasteiger charge is -2.40. The van der Waals surface area contributed by atoms with Crippen molar-refractivity contribution in [2.24, 2.45) is 11.1 Å². The van der Waals surface area contributed by atoms with Crippen LogP contribution in [0.4, 0.5) is 4.79 Å². The molecule has 2 saturated heterocycles. The minimum atomic E-state index is -0.451. The van der Waals surface area contributed by atoms with Crippen LogP contribution in [0.15, 0.2) is 0 Å². The highest BCUT2D eigenvalue weighted by Crippen LogP contribution is 2.37. The summed E-state index contributed by atoms with van der Waals surface area (Å²) in [5.74, 6) is 0. The van der Waals surface area contributed by atoms with Gasteiger partial charge in [0.1, 0.15) is 5.60 Å². The average Bonchev–Trinajstić information content (AvgIpc) is 2.39. The van der Waals surface area contributed by atoms with Gasteiger partial charge in [-0.3, -0.25) is 0 Å². The minimum Gasteiger partial charge on any atom is -0.444 e. The molecule has 5 heteroatoms. The summed E-state index contributed by atoms with van der Waals surface area (Å²) in [5.41, 5.74) is 5.57. The van der Waals surface area contributed by atoms with Crippen LogP contribution in [0.5, 0.6) is 0 Å². The van der Waals surface area contributed by atoms with Crippen LogP contribution in [0.2, 0.25) is 0 Å². The third-order valence-electron chi connectivity index (χ3n) is 3.14. The first-order chi connectivity index (χ1) is 7.32. The van der Waals surface area contributed by atoms with Crippen molar-refractivity contribution in [3.8, 4) is 0 Å². The summed E-state index contributed by atoms with van der Waals surface area (Å²) in [7, 11) is 0. The van der Waals surface area contributed by atoms with Gasteiger partial charge in [0.2, 0.25) is 0 Å². The van der Waals surface area contributed by atoms with Gasteiger partial charge >= 0.3 is 6.09 Å². The van der Waals surface area contributed by atoms with Crippen molar-refractivity contribution in [2.45, 2.75) is 32.4 Å². The summed E-state index contributed by atoms with van der Waals surface area (Å²) in [4.78, 5) is 13.5. The third-order valence-corrected chi connectivity index (χ3v) is 3.14. The van der Waals surface area contributed by atoms with Gasteiger partial charge in [0.25, 0.3) is 0 Å².